The largest absolute Gasteiger partial charge is 0.264 e. The second-order valence-electron chi connectivity index (χ2n) is 2.43. The van der Waals surface area contributed by atoms with Gasteiger partial charge in [-0.25, -0.2) is 8.78 Å². The number of aryl methyl sites for hydroxylation is 1. The number of halogens is 4. The van der Waals surface area contributed by atoms with Gasteiger partial charge in [-0.1, -0.05) is 31.9 Å². The molecule has 0 N–H and O–H groups in total. The highest BCUT2D eigenvalue weighted by atomic mass is 79.9. The summed E-state index contributed by atoms with van der Waals surface area (Å²) in [5.74, 6) is 0. The number of alkyl halides is 2. The van der Waals surface area contributed by atoms with Crippen LogP contribution in [-0.2, 0) is 0 Å². The standard InChI is InChI=1S/C8H6Br2F2/c1-4-2-5(9)3-6(7(4)10)8(11)12/h2-3,8H,1H3. The minimum absolute atomic E-state index is 0.0295. The van der Waals surface area contributed by atoms with Crippen LogP contribution in [0.2, 0.25) is 0 Å². The van der Waals surface area contributed by atoms with Crippen LogP contribution in [0.15, 0.2) is 21.1 Å². The van der Waals surface area contributed by atoms with Gasteiger partial charge in [0.15, 0.2) is 0 Å². The zero-order chi connectivity index (χ0) is 9.30. The maximum atomic E-state index is 12.3. The van der Waals surface area contributed by atoms with Gasteiger partial charge in [-0.05, 0) is 24.6 Å². The van der Waals surface area contributed by atoms with E-state index in [4.69, 9.17) is 0 Å². The summed E-state index contributed by atoms with van der Waals surface area (Å²) in [5.41, 5.74) is 0.835. The first-order valence-corrected chi connectivity index (χ1v) is 4.84. The lowest BCUT2D eigenvalue weighted by atomic mass is 10.1. The van der Waals surface area contributed by atoms with E-state index in [-0.39, 0.29) is 5.56 Å². The number of hydrogen-bond donors (Lipinski definition) is 0. The molecule has 0 fully saturated rings. The first-order chi connectivity index (χ1) is 5.52. The topological polar surface area (TPSA) is 0 Å². The maximum Gasteiger partial charge on any atom is 0.264 e. The zero-order valence-corrected chi connectivity index (χ0v) is 9.42. The number of benzene rings is 1. The molecule has 0 heterocycles. The van der Waals surface area contributed by atoms with Gasteiger partial charge in [0.05, 0.1) is 0 Å². The molecule has 0 unspecified atom stereocenters. The Hall–Kier alpha value is 0.0400. The normalized spacial score (nSPS) is 10.8. The van der Waals surface area contributed by atoms with E-state index < -0.39 is 6.43 Å². The fourth-order valence-corrected chi connectivity index (χ4v) is 1.90. The highest BCUT2D eigenvalue weighted by Crippen LogP contribution is 2.32. The molecule has 1 aromatic rings. The van der Waals surface area contributed by atoms with Crippen molar-refractivity contribution in [2.75, 3.05) is 0 Å². The maximum absolute atomic E-state index is 12.3. The summed E-state index contributed by atoms with van der Waals surface area (Å²) < 4.78 is 25.8. The molecule has 1 aromatic carbocycles. The third kappa shape index (κ3) is 2.04. The van der Waals surface area contributed by atoms with Gasteiger partial charge in [-0.2, -0.15) is 0 Å². The van der Waals surface area contributed by atoms with E-state index in [2.05, 4.69) is 31.9 Å². The molecule has 12 heavy (non-hydrogen) atoms. The van der Waals surface area contributed by atoms with E-state index >= 15 is 0 Å². The summed E-state index contributed by atoms with van der Waals surface area (Å²) in [6, 6.07) is 3.21. The molecule has 0 aliphatic rings. The molecule has 1 rings (SSSR count). The Morgan fingerprint density at radius 1 is 1.25 bits per heavy atom. The Balaban J connectivity index is 3.28. The van der Waals surface area contributed by atoms with Gasteiger partial charge in [0.25, 0.3) is 6.43 Å². The Labute approximate surface area is 86.2 Å². The van der Waals surface area contributed by atoms with Crippen LogP contribution in [0, 0.1) is 6.92 Å². The van der Waals surface area contributed by atoms with Crippen LogP contribution in [0.25, 0.3) is 0 Å². The minimum Gasteiger partial charge on any atom is -0.205 e. The second-order valence-corrected chi connectivity index (χ2v) is 4.14. The summed E-state index contributed by atoms with van der Waals surface area (Å²) in [6.07, 6.45) is -2.43. The quantitative estimate of drug-likeness (QED) is 0.718. The van der Waals surface area contributed by atoms with E-state index in [0.717, 1.165) is 5.56 Å². The van der Waals surface area contributed by atoms with E-state index in [0.29, 0.717) is 8.95 Å². The van der Waals surface area contributed by atoms with Crippen LogP contribution in [-0.4, -0.2) is 0 Å². The lowest BCUT2D eigenvalue weighted by Crippen LogP contribution is -1.89. The van der Waals surface area contributed by atoms with Gasteiger partial charge < -0.3 is 0 Å². The van der Waals surface area contributed by atoms with Crippen molar-refractivity contribution in [1.82, 2.24) is 0 Å². The highest BCUT2D eigenvalue weighted by molar-refractivity contribution is 9.11. The molecule has 0 bridgehead atoms. The van der Waals surface area contributed by atoms with Crippen molar-refractivity contribution < 1.29 is 8.78 Å². The highest BCUT2D eigenvalue weighted by Gasteiger charge is 2.13. The van der Waals surface area contributed by atoms with E-state index in [1.807, 2.05) is 0 Å². The fourth-order valence-electron chi connectivity index (χ4n) is 0.910. The Bertz CT molecular complexity index is 297. The second kappa shape index (κ2) is 3.83. The SMILES string of the molecule is Cc1cc(Br)cc(C(F)F)c1Br. The van der Waals surface area contributed by atoms with Crippen LogP contribution in [0.1, 0.15) is 17.6 Å². The van der Waals surface area contributed by atoms with Crippen molar-refractivity contribution in [2.45, 2.75) is 13.3 Å². The Morgan fingerprint density at radius 3 is 2.33 bits per heavy atom. The van der Waals surface area contributed by atoms with Crippen LogP contribution in [0.3, 0.4) is 0 Å². The number of rotatable bonds is 1. The third-order valence-corrected chi connectivity index (χ3v) is 3.02. The monoisotopic (exact) mass is 298 g/mol. The summed E-state index contributed by atoms with van der Waals surface area (Å²) in [4.78, 5) is 0. The first kappa shape index (κ1) is 10.1. The summed E-state index contributed by atoms with van der Waals surface area (Å²) in [7, 11) is 0. The molecule has 0 aliphatic heterocycles. The molecule has 0 spiro atoms. The summed E-state index contributed by atoms with van der Waals surface area (Å²) >= 11 is 6.28. The van der Waals surface area contributed by atoms with Gasteiger partial charge in [-0.3, -0.25) is 0 Å². The molecule has 0 radical (unpaired) electrons. The van der Waals surface area contributed by atoms with E-state index in [1.54, 1.807) is 13.0 Å². The molecule has 0 saturated heterocycles. The average molecular weight is 300 g/mol. The van der Waals surface area contributed by atoms with Crippen LogP contribution < -0.4 is 0 Å². The van der Waals surface area contributed by atoms with Crippen LogP contribution in [0.5, 0.6) is 0 Å². The van der Waals surface area contributed by atoms with Gasteiger partial charge >= 0.3 is 0 Å². The lowest BCUT2D eigenvalue weighted by Gasteiger charge is -2.06. The third-order valence-electron chi connectivity index (χ3n) is 1.48. The van der Waals surface area contributed by atoms with Gasteiger partial charge in [0.2, 0.25) is 0 Å². The average Bonchev–Trinajstić information content (AvgIpc) is 1.96. The van der Waals surface area contributed by atoms with Crippen LogP contribution in [0.4, 0.5) is 8.78 Å². The fraction of sp³-hybridized carbons (Fsp3) is 0.250. The molecule has 0 nitrogen and oxygen atoms in total. The Morgan fingerprint density at radius 2 is 1.83 bits per heavy atom. The van der Waals surface area contributed by atoms with Crippen molar-refractivity contribution in [2.24, 2.45) is 0 Å². The van der Waals surface area contributed by atoms with Gasteiger partial charge in [-0.15, -0.1) is 0 Å². The molecule has 66 valence electrons. The van der Waals surface area contributed by atoms with Crippen molar-refractivity contribution in [1.29, 1.82) is 0 Å². The number of hydrogen-bond acceptors (Lipinski definition) is 0. The molecular weight excluding hydrogens is 294 g/mol. The zero-order valence-electron chi connectivity index (χ0n) is 6.24. The summed E-state index contributed by atoms with van der Waals surface area (Å²) in [5, 5.41) is 0. The molecule has 0 saturated carbocycles. The molecule has 0 atom stereocenters. The Kier molecular flexibility index (Phi) is 3.23. The summed E-state index contributed by atoms with van der Waals surface area (Å²) in [6.45, 7) is 1.78. The smallest absolute Gasteiger partial charge is 0.205 e. The van der Waals surface area contributed by atoms with Crippen LogP contribution >= 0.6 is 31.9 Å². The molecule has 0 amide bonds. The van der Waals surface area contributed by atoms with Gasteiger partial charge in [0, 0.05) is 14.5 Å². The predicted molar refractivity (Wildman–Crippen MR) is 51.5 cm³/mol. The van der Waals surface area contributed by atoms with E-state index in [1.165, 1.54) is 6.07 Å². The molecular formula is C8H6Br2F2. The molecule has 0 aliphatic carbocycles. The van der Waals surface area contributed by atoms with Gasteiger partial charge in [0.1, 0.15) is 0 Å². The minimum atomic E-state index is -2.43. The predicted octanol–water partition coefficient (Wildman–Crippen LogP) is 4.46. The van der Waals surface area contributed by atoms with Crippen molar-refractivity contribution in [3.63, 3.8) is 0 Å². The first-order valence-electron chi connectivity index (χ1n) is 3.26. The van der Waals surface area contributed by atoms with Crippen molar-refractivity contribution in [3.8, 4) is 0 Å². The molecule has 0 aromatic heterocycles. The molecule has 4 heteroatoms. The van der Waals surface area contributed by atoms with Crippen molar-refractivity contribution in [3.05, 3.63) is 32.2 Å². The lowest BCUT2D eigenvalue weighted by molar-refractivity contribution is 0.150. The van der Waals surface area contributed by atoms with E-state index in [9.17, 15) is 8.78 Å². The van der Waals surface area contributed by atoms with Crippen molar-refractivity contribution >= 4 is 31.9 Å².